The number of carboxylic acids is 1. The van der Waals surface area contributed by atoms with E-state index in [4.69, 9.17) is 9.63 Å². The van der Waals surface area contributed by atoms with Crippen molar-refractivity contribution in [1.29, 1.82) is 0 Å². The van der Waals surface area contributed by atoms with Gasteiger partial charge in [-0.05, 0) is 12.8 Å². The zero-order valence-electron chi connectivity index (χ0n) is 13.4. The fourth-order valence-electron chi connectivity index (χ4n) is 2.04. The van der Waals surface area contributed by atoms with Crippen molar-refractivity contribution in [2.24, 2.45) is 0 Å². The molecule has 0 fully saturated rings. The zero-order chi connectivity index (χ0) is 17.4. The molecule has 2 rings (SSSR count). The van der Waals surface area contributed by atoms with Crippen molar-refractivity contribution in [2.75, 3.05) is 6.54 Å². The third kappa shape index (κ3) is 5.73. The normalized spacial score (nSPS) is 10.7. The SMILES string of the molecule is CCCc1noc(CCCC(=O)NCCc2nc(C(=O)O)cs2)n1. The van der Waals surface area contributed by atoms with Gasteiger partial charge >= 0.3 is 5.97 Å². The van der Waals surface area contributed by atoms with Crippen LogP contribution in [-0.2, 0) is 24.1 Å². The third-order valence-corrected chi connectivity index (χ3v) is 4.12. The number of carbonyl (C=O) groups is 2. The maximum atomic E-state index is 11.8. The first-order chi connectivity index (χ1) is 11.6. The fraction of sp³-hybridized carbons (Fsp3) is 0.533. The van der Waals surface area contributed by atoms with E-state index in [0.717, 1.165) is 12.8 Å². The van der Waals surface area contributed by atoms with Crippen LogP contribution in [0.2, 0.25) is 0 Å². The second-order valence-corrected chi connectivity index (χ2v) is 6.18. The highest BCUT2D eigenvalue weighted by Crippen LogP contribution is 2.10. The van der Waals surface area contributed by atoms with Crippen LogP contribution in [0.1, 0.15) is 53.4 Å². The second-order valence-electron chi connectivity index (χ2n) is 5.24. The van der Waals surface area contributed by atoms with E-state index in [1.165, 1.54) is 16.7 Å². The van der Waals surface area contributed by atoms with Crippen LogP contribution in [0.3, 0.4) is 0 Å². The Morgan fingerprint density at radius 1 is 1.29 bits per heavy atom. The van der Waals surface area contributed by atoms with E-state index in [2.05, 4.69) is 27.4 Å². The van der Waals surface area contributed by atoms with Gasteiger partial charge in [-0.3, -0.25) is 4.79 Å². The molecule has 0 atom stereocenters. The number of thiazole rings is 1. The molecule has 0 aromatic carbocycles. The highest BCUT2D eigenvalue weighted by Gasteiger charge is 2.10. The molecule has 0 aliphatic heterocycles. The van der Waals surface area contributed by atoms with Crippen LogP contribution in [0, 0.1) is 0 Å². The molecule has 0 radical (unpaired) electrons. The van der Waals surface area contributed by atoms with Gasteiger partial charge in [0.25, 0.3) is 0 Å². The molecule has 9 heteroatoms. The molecule has 0 aliphatic rings. The monoisotopic (exact) mass is 352 g/mol. The second kappa shape index (κ2) is 9.11. The van der Waals surface area contributed by atoms with Gasteiger partial charge in [-0.1, -0.05) is 12.1 Å². The van der Waals surface area contributed by atoms with Gasteiger partial charge in [0, 0.05) is 37.6 Å². The number of carbonyl (C=O) groups excluding carboxylic acids is 1. The largest absolute Gasteiger partial charge is 0.476 e. The Bertz CT molecular complexity index is 683. The predicted octanol–water partition coefficient (Wildman–Crippen LogP) is 1.86. The lowest BCUT2D eigenvalue weighted by Crippen LogP contribution is -2.25. The molecule has 2 heterocycles. The maximum absolute atomic E-state index is 11.8. The Balaban J connectivity index is 1.61. The average molecular weight is 352 g/mol. The van der Waals surface area contributed by atoms with Crippen LogP contribution in [0.5, 0.6) is 0 Å². The molecule has 1 amide bonds. The van der Waals surface area contributed by atoms with E-state index in [9.17, 15) is 9.59 Å². The van der Waals surface area contributed by atoms with Gasteiger partial charge in [0.1, 0.15) is 0 Å². The van der Waals surface area contributed by atoms with Gasteiger partial charge in [0.2, 0.25) is 11.8 Å². The van der Waals surface area contributed by atoms with Crippen LogP contribution in [-0.4, -0.2) is 38.7 Å². The summed E-state index contributed by atoms with van der Waals surface area (Å²) in [6, 6.07) is 0. The van der Waals surface area contributed by atoms with Gasteiger partial charge < -0.3 is 14.9 Å². The lowest BCUT2D eigenvalue weighted by Gasteiger charge is -2.02. The Morgan fingerprint density at radius 2 is 2.12 bits per heavy atom. The summed E-state index contributed by atoms with van der Waals surface area (Å²) >= 11 is 1.28. The predicted molar refractivity (Wildman–Crippen MR) is 87.0 cm³/mol. The molecule has 2 aromatic heterocycles. The molecule has 2 aromatic rings. The minimum absolute atomic E-state index is 0.0447. The van der Waals surface area contributed by atoms with Crippen molar-refractivity contribution in [2.45, 2.75) is 45.4 Å². The number of hydrogen-bond acceptors (Lipinski definition) is 7. The van der Waals surface area contributed by atoms with E-state index in [-0.39, 0.29) is 11.6 Å². The van der Waals surface area contributed by atoms with E-state index in [0.29, 0.717) is 49.0 Å². The topological polar surface area (TPSA) is 118 Å². The lowest BCUT2D eigenvalue weighted by atomic mass is 10.2. The summed E-state index contributed by atoms with van der Waals surface area (Å²) in [6.45, 7) is 2.49. The molecule has 0 saturated carbocycles. The molecular formula is C15H20N4O4S. The summed E-state index contributed by atoms with van der Waals surface area (Å²) in [5.74, 6) is 0.180. The molecular weight excluding hydrogens is 332 g/mol. The molecule has 0 spiro atoms. The Morgan fingerprint density at radius 3 is 2.83 bits per heavy atom. The summed E-state index contributed by atoms with van der Waals surface area (Å²) in [5.41, 5.74) is 0.0447. The molecule has 0 bridgehead atoms. The van der Waals surface area contributed by atoms with Gasteiger partial charge in [-0.15, -0.1) is 11.3 Å². The highest BCUT2D eigenvalue weighted by atomic mass is 32.1. The van der Waals surface area contributed by atoms with Crippen LogP contribution < -0.4 is 5.32 Å². The first kappa shape index (κ1) is 18.1. The molecule has 24 heavy (non-hydrogen) atoms. The van der Waals surface area contributed by atoms with Gasteiger partial charge in [-0.25, -0.2) is 9.78 Å². The number of aromatic nitrogens is 3. The number of hydrogen-bond donors (Lipinski definition) is 2. The fourth-order valence-corrected chi connectivity index (χ4v) is 2.81. The zero-order valence-corrected chi connectivity index (χ0v) is 14.3. The summed E-state index contributed by atoms with van der Waals surface area (Å²) in [5, 5.41) is 17.6. The van der Waals surface area contributed by atoms with Crippen LogP contribution >= 0.6 is 11.3 Å². The van der Waals surface area contributed by atoms with E-state index >= 15 is 0 Å². The number of aryl methyl sites for hydroxylation is 2. The van der Waals surface area contributed by atoms with Crippen LogP contribution in [0.4, 0.5) is 0 Å². The quantitative estimate of drug-likeness (QED) is 0.670. The Labute approximate surface area is 143 Å². The molecule has 2 N–H and O–H groups in total. The Kier molecular flexibility index (Phi) is 6.86. The number of carboxylic acid groups (broad SMARTS) is 1. The molecule has 0 aliphatic carbocycles. The summed E-state index contributed by atoms with van der Waals surface area (Å²) in [4.78, 5) is 30.7. The van der Waals surface area contributed by atoms with Gasteiger partial charge in [0.15, 0.2) is 11.5 Å². The average Bonchev–Trinajstić information content (AvgIpc) is 3.17. The number of amides is 1. The first-order valence-corrected chi connectivity index (χ1v) is 8.72. The minimum Gasteiger partial charge on any atom is -0.476 e. The standard InChI is InChI=1S/C15H20N4O4S/c1-2-4-11-18-13(23-19-11)6-3-5-12(20)16-8-7-14-17-10(9-24-14)15(21)22/h9H,2-8H2,1H3,(H,16,20)(H,21,22). The van der Waals surface area contributed by atoms with Crippen LogP contribution in [0.15, 0.2) is 9.90 Å². The van der Waals surface area contributed by atoms with E-state index in [1.54, 1.807) is 0 Å². The van der Waals surface area contributed by atoms with E-state index in [1.807, 2.05) is 0 Å². The number of rotatable bonds is 10. The van der Waals surface area contributed by atoms with E-state index < -0.39 is 5.97 Å². The van der Waals surface area contributed by atoms with Crippen molar-refractivity contribution in [1.82, 2.24) is 20.4 Å². The number of aromatic carboxylic acids is 1. The smallest absolute Gasteiger partial charge is 0.355 e. The molecule has 130 valence electrons. The summed E-state index contributed by atoms with van der Waals surface area (Å²) in [7, 11) is 0. The van der Waals surface area contributed by atoms with Gasteiger partial charge in [0.05, 0.1) is 5.01 Å². The molecule has 8 nitrogen and oxygen atoms in total. The number of nitrogens with one attached hydrogen (secondary N) is 1. The lowest BCUT2D eigenvalue weighted by molar-refractivity contribution is -0.121. The molecule has 0 saturated heterocycles. The molecule has 0 unspecified atom stereocenters. The van der Waals surface area contributed by atoms with Crippen molar-refractivity contribution in [3.8, 4) is 0 Å². The van der Waals surface area contributed by atoms with Crippen molar-refractivity contribution >= 4 is 23.2 Å². The minimum atomic E-state index is -1.04. The summed E-state index contributed by atoms with van der Waals surface area (Å²) in [6.07, 6.45) is 3.88. The Hall–Kier alpha value is -2.29. The van der Waals surface area contributed by atoms with Crippen molar-refractivity contribution in [3.63, 3.8) is 0 Å². The maximum Gasteiger partial charge on any atom is 0.355 e. The summed E-state index contributed by atoms with van der Waals surface area (Å²) < 4.78 is 5.11. The number of nitrogens with zero attached hydrogens (tertiary/aromatic N) is 3. The van der Waals surface area contributed by atoms with Gasteiger partial charge in [-0.2, -0.15) is 4.98 Å². The van der Waals surface area contributed by atoms with Crippen LogP contribution in [0.25, 0.3) is 0 Å². The van der Waals surface area contributed by atoms with Crippen molar-refractivity contribution < 1.29 is 19.2 Å². The first-order valence-electron chi connectivity index (χ1n) is 7.84. The third-order valence-electron chi connectivity index (χ3n) is 3.21. The highest BCUT2D eigenvalue weighted by molar-refractivity contribution is 7.09. The van der Waals surface area contributed by atoms with Crippen molar-refractivity contribution in [3.05, 3.63) is 27.8 Å².